The number of nitrogens with one attached hydrogen (secondary N) is 2. The number of urea groups is 1. The SMILES string of the molecule is CCOC(=O)C1=C(CN2CCN(c3ccccc3F)CC2)NC(=O)N[C@@H]1c1ccc(Cl)cc1. The molecule has 2 amide bonds. The van der Waals surface area contributed by atoms with E-state index in [9.17, 15) is 14.0 Å². The van der Waals surface area contributed by atoms with E-state index in [2.05, 4.69) is 15.5 Å². The third kappa shape index (κ3) is 5.29. The fraction of sp³-hybridized carbons (Fsp3) is 0.333. The largest absolute Gasteiger partial charge is 0.463 e. The van der Waals surface area contributed by atoms with E-state index in [0.29, 0.717) is 54.7 Å². The van der Waals surface area contributed by atoms with Gasteiger partial charge in [-0.3, -0.25) is 4.90 Å². The van der Waals surface area contributed by atoms with Crippen molar-refractivity contribution in [1.29, 1.82) is 0 Å². The molecule has 33 heavy (non-hydrogen) atoms. The highest BCUT2D eigenvalue weighted by Gasteiger charge is 2.34. The molecule has 0 saturated carbocycles. The molecule has 1 atom stereocenters. The molecule has 7 nitrogen and oxygen atoms in total. The Hall–Kier alpha value is -3.10. The zero-order valence-corrected chi connectivity index (χ0v) is 19.1. The lowest BCUT2D eigenvalue weighted by atomic mass is 9.95. The highest BCUT2D eigenvalue weighted by atomic mass is 35.5. The molecule has 2 N–H and O–H groups in total. The average Bonchev–Trinajstić information content (AvgIpc) is 2.80. The lowest BCUT2D eigenvalue weighted by Crippen LogP contribution is -2.52. The predicted molar refractivity (Wildman–Crippen MR) is 125 cm³/mol. The number of carbonyl (C=O) groups is 2. The molecule has 2 heterocycles. The minimum atomic E-state index is -0.648. The van der Waals surface area contributed by atoms with Gasteiger partial charge in [-0.05, 0) is 36.8 Å². The zero-order valence-electron chi connectivity index (χ0n) is 18.3. The highest BCUT2D eigenvalue weighted by molar-refractivity contribution is 6.30. The van der Waals surface area contributed by atoms with E-state index >= 15 is 0 Å². The van der Waals surface area contributed by atoms with Gasteiger partial charge < -0.3 is 20.3 Å². The molecule has 0 radical (unpaired) electrons. The zero-order chi connectivity index (χ0) is 23.4. The third-order valence-electron chi connectivity index (χ3n) is 5.80. The van der Waals surface area contributed by atoms with Gasteiger partial charge in [0, 0.05) is 43.4 Å². The number of amides is 2. The smallest absolute Gasteiger partial charge is 0.338 e. The van der Waals surface area contributed by atoms with E-state index in [0.717, 1.165) is 5.56 Å². The minimum Gasteiger partial charge on any atom is -0.463 e. The number of para-hydroxylation sites is 1. The number of hydrogen-bond donors (Lipinski definition) is 2. The topological polar surface area (TPSA) is 73.9 Å². The van der Waals surface area contributed by atoms with E-state index in [-0.39, 0.29) is 18.5 Å². The number of hydrogen-bond acceptors (Lipinski definition) is 5. The van der Waals surface area contributed by atoms with Crippen molar-refractivity contribution in [2.45, 2.75) is 13.0 Å². The maximum Gasteiger partial charge on any atom is 0.338 e. The minimum absolute atomic E-state index is 0.220. The van der Waals surface area contributed by atoms with E-state index in [1.54, 1.807) is 43.3 Å². The van der Waals surface area contributed by atoms with Crippen molar-refractivity contribution >= 4 is 29.3 Å². The number of benzene rings is 2. The Morgan fingerprint density at radius 1 is 1.12 bits per heavy atom. The number of halogens is 2. The quantitative estimate of drug-likeness (QED) is 0.630. The molecule has 174 valence electrons. The van der Waals surface area contributed by atoms with Crippen LogP contribution in [0.5, 0.6) is 0 Å². The summed E-state index contributed by atoms with van der Waals surface area (Å²) in [6, 6.07) is 12.7. The number of ether oxygens (including phenoxy) is 1. The Morgan fingerprint density at radius 2 is 1.82 bits per heavy atom. The van der Waals surface area contributed by atoms with Gasteiger partial charge >= 0.3 is 12.0 Å². The molecule has 0 spiro atoms. The van der Waals surface area contributed by atoms with Crippen LogP contribution in [0.1, 0.15) is 18.5 Å². The van der Waals surface area contributed by atoms with E-state index < -0.39 is 12.0 Å². The van der Waals surface area contributed by atoms with Crippen LogP contribution in [0.4, 0.5) is 14.9 Å². The number of piperazine rings is 1. The van der Waals surface area contributed by atoms with Crippen molar-refractivity contribution in [1.82, 2.24) is 15.5 Å². The second kappa shape index (κ2) is 10.2. The number of anilines is 1. The van der Waals surface area contributed by atoms with Gasteiger partial charge in [0.15, 0.2) is 0 Å². The summed E-state index contributed by atoms with van der Waals surface area (Å²) in [4.78, 5) is 29.5. The molecule has 0 unspecified atom stereocenters. The van der Waals surface area contributed by atoms with Crippen LogP contribution in [-0.2, 0) is 9.53 Å². The average molecular weight is 473 g/mol. The Kier molecular flexibility index (Phi) is 7.15. The molecule has 2 aliphatic rings. The first-order chi connectivity index (χ1) is 16.0. The van der Waals surface area contributed by atoms with Gasteiger partial charge in [0.1, 0.15) is 5.82 Å². The molecule has 0 bridgehead atoms. The Bertz CT molecular complexity index is 1050. The molecule has 0 aliphatic carbocycles. The highest BCUT2D eigenvalue weighted by Crippen LogP contribution is 2.29. The number of rotatable bonds is 6. The second-order valence-electron chi connectivity index (χ2n) is 7.91. The first-order valence-corrected chi connectivity index (χ1v) is 11.3. The summed E-state index contributed by atoms with van der Waals surface area (Å²) in [6.45, 7) is 4.92. The molecule has 1 saturated heterocycles. The maximum absolute atomic E-state index is 14.2. The van der Waals surface area contributed by atoms with Crippen LogP contribution in [0.15, 0.2) is 59.8 Å². The molecule has 0 aromatic heterocycles. The normalized spacial score (nSPS) is 19.2. The van der Waals surface area contributed by atoms with Crippen LogP contribution in [0.25, 0.3) is 0 Å². The number of carbonyl (C=O) groups excluding carboxylic acids is 2. The van der Waals surface area contributed by atoms with Crippen molar-refractivity contribution in [2.24, 2.45) is 0 Å². The summed E-state index contributed by atoms with van der Waals surface area (Å²) in [6.07, 6.45) is 0. The van der Waals surface area contributed by atoms with Gasteiger partial charge in [0.25, 0.3) is 0 Å². The molecule has 1 fully saturated rings. The van der Waals surface area contributed by atoms with Crippen molar-refractivity contribution in [2.75, 3.05) is 44.2 Å². The molecule has 9 heteroatoms. The fourth-order valence-electron chi connectivity index (χ4n) is 4.18. The van der Waals surface area contributed by atoms with E-state index in [1.165, 1.54) is 6.07 Å². The number of nitrogens with zero attached hydrogens (tertiary/aromatic N) is 2. The Balaban J connectivity index is 1.56. The monoisotopic (exact) mass is 472 g/mol. The summed E-state index contributed by atoms with van der Waals surface area (Å²) < 4.78 is 19.5. The standard InChI is InChI=1S/C24H26ClFN4O3/c1-2-33-23(31)21-19(27-24(32)28-22(21)16-7-9-17(25)10-8-16)15-29-11-13-30(14-12-29)20-6-4-3-5-18(20)26/h3-10,22H,2,11-15H2,1H3,(H2,27,28,32)/t22-/m1/s1. The van der Waals surface area contributed by atoms with E-state index in [4.69, 9.17) is 16.3 Å². The lowest BCUT2D eigenvalue weighted by molar-refractivity contribution is -0.139. The van der Waals surface area contributed by atoms with Gasteiger partial charge in [0.05, 0.1) is 23.9 Å². The summed E-state index contributed by atoms with van der Waals surface area (Å²) in [5.74, 6) is -0.723. The van der Waals surface area contributed by atoms with Gasteiger partial charge in [0.2, 0.25) is 0 Å². The molecular weight excluding hydrogens is 447 g/mol. The van der Waals surface area contributed by atoms with Gasteiger partial charge in [-0.25, -0.2) is 14.0 Å². The van der Waals surface area contributed by atoms with E-state index in [1.807, 2.05) is 11.0 Å². The predicted octanol–water partition coefficient (Wildman–Crippen LogP) is 3.47. The van der Waals surface area contributed by atoms with Crippen LogP contribution in [0, 0.1) is 5.82 Å². The Labute approximate surface area is 197 Å². The summed E-state index contributed by atoms with van der Waals surface area (Å²) in [5, 5.41) is 6.19. The first-order valence-electron chi connectivity index (χ1n) is 10.9. The molecular formula is C24H26ClFN4O3. The second-order valence-corrected chi connectivity index (χ2v) is 8.35. The Morgan fingerprint density at radius 3 is 2.48 bits per heavy atom. The summed E-state index contributed by atoms with van der Waals surface area (Å²) >= 11 is 6.01. The van der Waals surface area contributed by atoms with Crippen molar-refractivity contribution in [3.8, 4) is 0 Å². The van der Waals surface area contributed by atoms with Crippen LogP contribution in [-0.4, -0.2) is 56.2 Å². The summed E-state index contributed by atoms with van der Waals surface area (Å²) in [7, 11) is 0. The van der Waals surface area contributed by atoms with Gasteiger partial charge in [-0.1, -0.05) is 35.9 Å². The lowest BCUT2D eigenvalue weighted by Gasteiger charge is -2.38. The van der Waals surface area contributed by atoms with Gasteiger partial charge in [-0.2, -0.15) is 0 Å². The van der Waals surface area contributed by atoms with Crippen LogP contribution in [0.3, 0.4) is 0 Å². The van der Waals surface area contributed by atoms with Crippen molar-refractivity contribution in [3.63, 3.8) is 0 Å². The van der Waals surface area contributed by atoms with Crippen LogP contribution < -0.4 is 15.5 Å². The molecule has 2 aliphatic heterocycles. The molecule has 4 rings (SSSR count). The third-order valence-corrected chi connectivity index (χ3v) is 6.05. The van der Waals surface area contributed by atoms with Crippen molar-refractivity contribution < 1.29 is 18.7 Å². The van der Waals surface area contributed by atoms with Crippen molar-refractivity contribution in [3.05, 3.63) is 76.2 Å². The van der Waals surface area contributed by atoms with Crippen LogP contribution in [0.2, 0.25) is 5.02 Å². The molecule has 2 aromatic carbocycles. The first kappa shape index (κ1) is 23.1. The molecule has 2 aromatic rings. The summed E-state index contributed by atoms with van der Waals surface area (Å²) in [5.41, 5.74) is 2.20. The fourth-order valence-corrected chi connectivity index (χ4v) is 4.30. The van der Waals surface area contributed by atoms with Crippen LogP contribution >= 0.6 is 11.6 Å². The number of esters is 1. The maximum atomic E-state index is 14.2. The van der Waals surface area contributed by atoms with Gasteiger partial charge in [-0.15, -0.1) is 0 Å².